The smallest absolute Gasteiger partial charge is 0.214 e. The van der Waals surface area contributed by atoms with Gasteiger partial charge in [0.1, 0.15) is 6.61 Å². The highest BCUT2D eigenvalue weighted by Crippen LogP contribution is 2.29. The van der Waals surface area contributed by atoms with Crippen LogP contribution in [0.2, 0.25) is 0 Å². The molecule has 0 unspecified atom stereocenters. The third-order valence-electron chi connectivity index (χ3n) is 5.32. The SMILES string of the molecule is CCOc1cc(CNCCCSc2nnnn2-c2ccccc2)ccc1OCc1ccc(C)cc1. The first-order valence-corrected chi connectivity index (χ1v) is 12.8. The molecule has 7 nitrogen and oxygen atoms in total. The van der Waals surface area contributed by atoms with Crippen LogP contribution < -0.4 is 14.8 Å². The van der Waals surface area contributed by atoms with Crippen LogP contribution in [0.3, 0.4) is 0 Å². The van der Waals surface area contributed by atoms with Crippen molar-refractivity contribution in [1.82, 2.24) is 25.5 Å². The number of aryl methyl sites for hydroxylation is 1. The Kier molecular flexibility index (Phi) is 9.14. The predicted molar refractivity (Wildman–Crippen MR) is 139 cm³/mol. The minimum atomic E-state index is 0.517. The van der Waals surface area contributed by atoms with E-state index in [9.17, 15) is 0 Å². The summed E-state index contributed by atoms with van der Waals surface area (Å²) in [6.45, 7) is 6.85. The van der Waals surface area contributed by atoms with Crippen LogP contribution >= 0.6 is 11.8 Å². The van der Waals surface area contributed by atoms with E-state index in [-0.39, 0.29) is 0 Å². The van der Waals surface area contributed by atoms with Crippen LogP contribution in [0.15, 0.2) is 78.0 Å². The van der Waals surface area contributed by atoms with Crippen LogP contribution in [0.4, 0.5) is 0 Å². The lowest BCUT2D eigenvalue weighted by Gasteiger charge is -2.14. The van der Waals surface area contributed by atoms with Crippen LogP contribution in [0, 0.1) is 6.92 Å². The molecule has 1 heterocycles. The van der Waals surface area contributed by atoms with E-state index >= 15 is 0 Å². The van der Waals surface area contributed by atoms with Crippen molar-refractivity contribution in [2.75, 3.05) is 18.9 Å². The van der Waals surface area contributed by atoms with Gasteiger partial charge in [-0.05, 0) is 72.6 Å². The monoisotopic (exact) mass is 489 g/mol. The van der Waals surface area contributed by atoms with Crippen LogP contribution in [0.25, 0.3) is 5.69 Å². The molecule has 0 radical (unpaired) electrons. The molecule has 0 spiro atoms. The van der Waals surface area contributed by atoms with Gasteiger partial charge in [-0.15, -0.1) is 5.10 Å². The lowest BCUT2D eigenvalue weighted by molar-refractivity contribution is 0.269. The van der Waals surface area contributed by atoms with E-state index in [0.717, 1.165) is 58.7 Å². The van der Waals surface area contributed by atoms with E-state index in [0.29, 0.717) is 13.2 Å². The Bertz CT molecular complexity index is 1180. The van der Waals surface area contributed by atoms with E-state index in [2.05, 4.69) is 64.2 Å². The first-order valence-electron chi connectivity index (χ1n) is 11.8. The average molecular weight is 490 g/mol. The average Bonchev–Trinajstić information content (AvgIpc) is 3.36. The molecule has 0 atom stereocenters. The van der Waals surface area contributed by atoms with E-state index in [1.807, 2.05) is 43.3 Å². The van der Waals surface area contributed by atoms with Gasteiger partial charge in [-0.2, -0.15) is 4.68 Å². The Hall–Kier alpha value is -3.36. The maximum Gasteiger partial charge on any atom is 0.214 e. The van der Waals surface area contributed by atoms with Crippen LogP contribution in [0.5, 0.6) is 11.5 Å². The van der Waals surface area contributed by atoms with Gasteiger partial charge < -0.3 is 14.8 Å². The summed E-state index contributed by atoms with van der Waals surface area (Å²) in [6.07, 6.45) is 1.00. The molecular weight excluding hydrogens is 458 g/mol. The summed E-state index contributed by atoms with van der Waals surface area (Å²) in [5.74, 6) is 2.47. The van der Waals surface area contributed by atoms with Crippen molar-refractivity contribution in [3.8, 4) is 17.2 Å². The van der Waals surface area contributed by atoms with Gasteiger partial charge in [0.15, 0.2) is 11.5 Å². The highest BCUT2D eigenvalue weighted by molar-refractivity contribution is 7.99. The number of benzene rings is 3. The Morgan fingerprint density at radius 1 is 0.914 bits per heavy atom. The van der Waals surface area contributed by atoms with Crippen molar-refractivity contribution in [3.63, 3.8) is 0 Å². The third kappa shape index (κ3) is 7.31. The first kappa shape index (κ1) is 24.8. The standard InChI is InChI=1S/C27H31N5O2S/c1-3-33-26-18-23(14-15-25(26)34-20-22-12-10-21(2)11-13-22)19-28-16-7-17-35-27-29-30-31-32(27)24-8-5-4-6-9-24/h4-6,8-15,18,28H,3,7,16-17,19-20H2,1-2H3. The molecular formula is C27H31N5O2S. The summed E-state index contributed by atoms with van der Waals surface area (Å²) < 4.78 is 13.7. The number of para-hydroxylation sites is 1. The second kappa shape index (κ2) is 12.9. The number of nitrogens with one attached hydrogen (secondary N) is 1. The number of hydrogen-bond donors (Lipinski definition) is 1. The topological polar surface area (TPSA) is 74.1 Å². The number of thioether (sulfide) groups is 1. The van der Waals surface area contributed by atoms with Crippen molar-refractivity contribution in [3.05, 3.63) is 89.5 Å². The number of aromatic nitrogens is 4. The highest BCUT2D eigenvalue weighted by Gasteiger charge is 2.09. The Labute approximate surface area is 210 Å². The number of nitrogens with zero attached hydrogens (tertiary/aromatic N) is 4. The second-order valence-corrected chi connectivity index (χ2v) is 9.14. The zero-order chi connectivity index (χ0) is 24.3. The normalized spacial score (nSPS) is 10.9. The highest BCUT2D eigenvalue weighted by atomic mass is 32.2. The van der Waals surface area contributed by atoms with E-state index in [1.165, 1.54) is 5.56 Å². The molecule has 0 fully saturated rings. The maximum atomic E-state index is 6.04. The summed E-state index contributed by atoms with van der Waals surface area (Å²) >= 11 is 1.66. The summed E-state index contributed by atoms with van der Waals surface area (Å²) in [5.41, 5.74) is 4.51. The molecule has 0 bridgehead atoms. The number of tetrazole rings is 1. The second-order valence-electron chi connectivity index (χ2n) is 8.08. The van der Waals surface area contributed by atoms with E-state index in [4.69, 9.17) is 9.47 Å². The first-order chi connectivity index (χ1) is 17.2. The van der Waals surface area contributed by atoms with Gasteiger partial charge in [0.2, 0.25) is 5.16 Å². The Morgan fingerprint density at radius 3 is 2.51 bits per heavy atom. The zero-order valence-corrected chi connectivity index (χ0v) is 21.0. The Morgan fingerprint density at radius 2 is 1.71 bits per heavy atom. The summed E-state index contributed by atoms with van der Waals surface area (Å²) in [7, 11) is 0. The van der Waals surface area contributed by atoms with Crippen molar-refractivity contribution in [1.29, 1.82) is 0 Å². The van der Waals surface area contributed by atoms with E-state index in [1.54, 1.807) is 16.4 Å². The van der Waals surface area contributed by atoms with Crippen LogP contribution in [-0.4, -0.2) is 39.1 Å². The molecule has 4 rings (SSSR count). The molecule has 4 aromatic rings. The lowest BCUT2D eigenvalue weighted by Crippen LogP contribution is -2.15. The van der Waals surface area contributed by atoms with Crippen LogP contribution in [0.1, 0.15) is 30.0 Å². The van der Waals surface area contributed by atoms with Crippen molar-refractivity contribution >= 4 is 11.8 Å². The molecule has 35 heavy (non-hydrogen) atoms. The summed E-state index contributed by atoms with van der Waals surface area (Å²) in [5, 5.41) is 16.4. The van der Waals surface area contributed by atoms with Gasteiger partial charge in [-0.3, -0.25) is 0 Å². The zero-order valence-electron chi connectivity index (χ0n) is 20.2. The van der Waals surface area contributed by atoms with Gasteiger partial charge in [-0.1, -0.05) is 65.9 Å². The minimum absolute atomic E-state index is 0.517. The van der Waals surface area contributed by atoms with Crippen molar-refractivity contribution < 1.29 is 9.47 Å². The molecule has 182 valence electrons. The molecule has 3 aromatic carbocycles. The number of rotatable bonds is 13. The van der Waals surface area contributed by atoms with E-state index < -0.39 is 0 Å². The fraction of sp³-hybridized carbons (Fsp3) is 0.296. The molecule has 0 saturated carbocycles. The molecule has 8 heteroatoms. The number of ether oxygens (including phenoxy) is 2. The molecule has 1 N–H and O–H groups in total. The molecule has 0 aliphatic carbocycles. The third-order valence-corrected chi connectivity index (χ3v) is 6.33. The molecule has 0 aliphatic heterocycles. The fourth-order valence-electron chi connectivity index (χ4n) is 3.49. The minimum Gasteiger partial charge on any atom is -0.490 e. The summed E-state index contributed by atoms with van der Waals surface area (Å²) in [6, 6.07) is 24.5. The van der Waals surface area contributed by atoms with Crippen molar-refractivity contribution in [2.24, 2.45) is 0 Å². The van der Waals surface area contributed by atoms with Gasteiger partial charge in [0, 0.05) is 12.3 Å². The van der Waals surface area contributed by atoms with Crippen LogP contribution in [-0.2, 0) is 13.2 Å². The number of hydrogen-bond acceptors (Lipinski definition) is 7. The van der Waals surface area contributed by atoms with Gasteiger partial charge >= 0.3 is 0 Å². The largest absolute Gasteiger partial charge is 0.490 e. The van der Waals surface area contributed by atoms with Crippen molar-refractivity contribution in [2.45, 2.75) is 38.6 Å². The molecule has 0 saturated heterocycles. The lowest BCUT2D eigenvalue weighted by atomic mass is 10.1. The Balaban J connectivity index is 1.22. The molecule has 0 aliphatic rings. The quantitative estimate of drug-likeness (QED) is 0.204. The summed E-state index contributed by atoms with van der Waals surface area (Å²) in [4.78, 5) is 0. The fourth-order valence-corrected chi connectivity index (χ4v) is 4.32. The van der Waals surface area contributed by atoms with Gasteiger partial charge in [0.05, 0.1) is 12.3 Å². The maximum absolute atomic E-state index is 6.04. The van der Waals surface area contributed by atoms with Gasteiger partial charge in [-0.25, -0.2) is 0 Å². The molecule has 0 amide bonds. The molecule has 1 aromatic heterocycles. The predicted octanol–water partition coefficient (Wildman–Crippen LogP) is 5.22. The van der Waals surface area contributed by atoms with Gasteiger partial charge in [0.25, 0.3) is 0 Å².